The molecule has 1 saturated heterocycles. The third-order valence-electron chi connectivity index (χ3n) is 5.61. The summed E-state index contributed by atoms with van der Waals surface area (Å²) in [6.07, 6.45) is 1.48. The number of thiocarbonyl (C=S) groups is 1. The number of nitrogens with zero attached hydrogens (tertiary/aromatic N) is 1. The number of ether oxygens (including phenoxy) is 3. The van der Waals surface area contributed by atoms with E-state index in [2.05, 4.69) is 5.43 Å². The van der Waals surface area contributed by atoms with Gasteiger partial charge < -0.3 is 19.3 Å². The third kappa shape index (κ3) is 8.00. The number of hydrazine groups is 1. The molecule has 0 atom stereocenters. The fourth-order valence-electron chi connectivity index (χ4n) is 3.61. The van der Waals surface area contributed by atoms with E-state index < -0.39 is 17.8 Å². The van der Waals surface area contributed by atoms with E-state index in [1.165, 1.54) is 0 Å². The maximum atomic E-state index is 13.1. The SMILES string of the molecule is CCOc1cc(/C=C2/SC(=S)N(NC(=O)c3ccc(OCc4ccccc4Cl)cc3)C2=O)ccc1OCCC(=O)O. The molecule has 2 N–H and O–H groups in total. The Bertz CT molecular complexity index is 1490. The molecule has 0 bridgehead atoms. The molecule has 0 spiro atoms. The molecule has 3 aromatic carbocycles. The van der Waals surface area contributed by atoms with Crippen LogP contribution in [0.25, 0.3) is 6.08 Å². The highest BCUT2D eigenvalue weighted by Crippen LogP contribution is 2.34. The predicted octanol–water partition coefficient (Wildman–Crippen LogP) is 5.72. The van der Waals surface area contributed by atoms with Gasteiger partial charge in [-0.15, -0.1) is 0 Å². The first-order valence-corrected chi connectivity index (χ1v) is 14.0. The van der Waals surface area contributed by atoms with Gasteiger partial charge in [0.15, 0.2) is 15.8 Å². The molecule has 4 rings (SSSR count). The molecule has 1 aliphatic rings. The Morgan fingerprint density at radius 1 is 1.05 bits per heavy atom. The van der Waals surface area contributed by atoms with Crippen molar-refractivity contribution in [2.45, 2.75) is 20.0 Å². The van der Waals surface area contributed by atoms with E-state index in [0.717, 1.165) is 22.3 Å². The molecule has 212 valence electrons. The van der Waals surface area contributed by atoms with Crippen molar-refractivity contribution in [3.05, 3.63) is 93.3 Å². The van der Waals surface area contributed by atoms with Crippen molar-refractivity contribution in [3.63, 3.8) is 0 Å². The van der Waals surface area contributed by atoms with Gasteiger partial charge in [-0.25, -0.2) is 0 Å². The van der Waals surface area contributed by atoms with Gasteiger partial charge in [-0.05, 0) is 73.2 Å². The average Bonchev–Trinajstić information content (AvgIpc) is 3.21. The lowest BCUT2D eigenvalue weighted by atomic mass is 10.2. The molecular weight excluding hydrogens is 588 g/mol. The first-order valence-electron chi connectivity index (χ1n) is 12.4. The number of amides is 2. The van der Waals surface area contributed by atoms with Gasteiger partial charge in [0.2, 0.25) is 0 Å². The van der Waals surface area contributed by atoms with Crippen LogP contribution in [0.1, 0.15) is 34.8 Å². The summed E-state index contributed by atoms with van der Waals surface area (Å²) in [5, 5.41) is 10.5. The summed E-state index contributed by atoms with van der Waals surface area (Å²) in [6.45, 7) is 2.44. The smallest absolute Gasteiger partial charge is 0.306 e. The molecule has 1 heterocycles. The van der Waals surface area contributed by atoms with Gasteiger partial charge >= 0.3 is 5.97 Å². The summed E-state index contributed by atoms with van der Waals surface area (Å²) < 4.78 is 17.1. The summed E-state index contributed by atoms with van der Waals surface area (Å²) in [5.41, 5.74) is 4.35. The molecule has 2 amide bonds. The van der Waals surface area contributed by atoms with Crippen LogP contribution in [0.2, 0.25) is 5.02 Å². The normalized spacial score (nSPS) is 13.8. The number of hydrogen-bond donors (Lipinski definition) is 2. The van der Waals surface area contributed by atoms with E-state index in [0.29, 0.717) is 44.9 Å². The zero-order chi connectivity index (χ0) is 29.4. The molecule has 0 radical (unpaired) electrons. The van der Waals surface area contributed by atoms with E-state index in [9.17, 15) is 14.4 Å². The fourth-order valence-corrected chi connectivity index (χ4v) is 4.98. The monoisotopic (exact) mass is 612 g/mol. The van der Waals surface area contributed by atoms with Crippen LogP contribution in [0, 0.1) is 0 Å². The predicted molar refractivity (Wildman–Crippen MR) is 160 cm³/mol. The van der Waals surface area contributed by atoms with Crippen molar-refractivity contribution in [1.82, 2.24) is 10.4 Å². The molecule has 0 saturated carbocycles. The maximum Gasteiger partial charge on any atom is 0.306 e. The van der Waals surface area contributed by atoms with Gasteiger partial charge in [-0.2, -0.15) is 5.01 Å². The standard InChI is InChI=1S/C29H25ClN2O7S2/c1-2-37-24-15-18(7-12-23(24)38-14-13-26(33)34)16-25-28(36)32(29(40)41-25)31-27(35)19-8-10-21(11-9-19)39-17-20-5-3-4-6-22(20)30/h3-12,15-16H,2,13-14,17H2,1H3,(H,31,35)(H,33,34)/b25-16+. The molecular formula is C29H25ClN2O7S2. The van der Waals surface area contributed by atoms with Crippen molar-refractivity contribution in [1.29, 1.82) is 0 Å². The molecule has 1 fully saturated rings. The number of aliphatic carboxylic acids is 1. The van der Waals surface area contributed by atoms with Crippen molar-refractivity contribution >= 4 is 63.8 Å². The average molecular weight is 613 g/mol. The second-order valence-corrected chi connectivity index (χ2v) is 10.6. The maximum absolute atomic E-state index is 13.1. The lowest BCUT2D eigenvalue weighted by Crippen LogP contribution is -2.44. The van der Waals surface area contributed by atoms with E-state index in [-0.39, 0.29) is 24.0 Å². The number of carbonyl (C=O) groups is 3. The summed E-state index contributed by atoms with van der Waals surface area (Å²) in [6, 6.07) is 18.9. The minimum Gasteiger partial charge on any atom is -0.490 e. The zero-order valence-corrected chi connectivity index (χ0v) is 24.2. The molecule has 9 nitrogen and oxygen atoms in total. The highest BCUT2D eigenvalue weighted by Gasteiger charge is 2.34. The van der Waals surface area contributed by atoms with Crippen molar-refractivity contribution in [3.8, 4) is 17.2 Å². The first kappa shape index (κ1) is 29.9. The minimum atomic E-state index is -0.968. The molecule has 0 aliphatic carbocycles. The zero-order valence-electron chi connectivity index (χ0n) is 21.8. The first-order chi connectivity index (χ1) is 19.7. The molecule has 0 unspecified atom stereocenters. The van der Waals surface area contributed by atoms with Crippen LogP contribution >= 0.6 is 35.6 Å². The topological polar surface area (TPSA) is 114 Å². The van der Waals surface area contributed by atoms with E-state index in [4.69, 9.17) is 43.1 Å². The highest BCUT2D eigenvalue weighted by atomic mass is 35.5. The number of carboxylic acid groups (broad SMARTS) is 1. The summed E-state index contributed by atoms with van der Waals surface area (Å²) in [4.78, 5) is 37.0. The lowest BCUT2D eigenvalue weighted by molar-refractivity contribution is -0.137. The van der Waals surface area contributed by atoms with Gasteiger partial charge in [-0.3, -0.25) is 19.8 Å². The second kappa shape index (κ2) is 14.0. The fraction of sp³-hybridized carbons (Fsp3) is 0.172. The van der Waals surface area contributed by atoms with Gasteiger partial charge in [0.25, 0.3) is 11.8 Å². The number of hydrogen-bond acceptors (Lipinski definition) is 8. The van der Waals surface area contributed by atoms with Crippen LogP contribution in [0.3, 0.4) is 0 Å². The van der Waals surface area contributed by atoms with Gasteiger partial charge in [0.1, 0.15) is 12.4 Å². The quantitative estimate of drug-likeness (QED) is 0.196. The molecule has 0 aromatic heterocycles. The summed E-state index contributed by atoms with van der Waals surface area (Å²) in [7, 11) is 0. The number of rotatable bonds is 12. The third-order valence-corrected chi connectivity index (χ3v) is 7.29. The summed E-state index contributed by atoms with van der Waals surface area (Å²) in [5.74, 6) is -0.599. The Balaban J connectivity index is 1.39. The van der Waals surface area contributed by atoms with Gasteiger partial charge in [0.05, 0.1) is 24.5 Å². The van der Waals surface area contributed by atoms with E-state index >= 15 is 0 Å². The molecule has 12 heteroatoms. The molecule has 41 heavy (non-hydrogen) atoms. The Hall–Kier alpha value is -4.06. The highest BCUT2D eigenvalue weighted by molar-refractivity contribution is 8.26. The number of carboxylic acids is 1. The van der Waals surface area contributed by atoms with Crippen LogP contribution < -0.4 is 19.6 Å². The Kier molecular flexibility index (Phi) is 10.2. The van der Waals surface area contributed by atoms with Gasteiger partial charge in [-0.1, -0.05) is 47.6 Å². The van der Waals surface area contributed by atoms with E-state index in [1.54, 1.807) is 54.6 Å². The number of carbonyl (C=O) groups excluding carboxylic acids is 2. The van der Waals surface area contributed by atoms with Crippen LogP contribution in [-0.2, 0) is 16.2 Å². The van der Waals surface area contributed by atoms with Crippen LogP contribution in [-0.4, -0.2) is 45.4 Å². The van der Waals surface area contributed by atoms with Crippen molar-refractivity contribution < 1.29 is 33.7 Å². The Labute approximate surface area is 251 Å². The second-order valence-electron chi connectivity index (χ2n) is 8.49. The van der Waals surface area contributed by atoms with E-state index in [1.807, 2.05) is 25.1 Å². The van der Waals surface area contributed by atoms with Crippen LogP contribution in [0.4, 0.5) is 0 Å². The number of thioether (sulfide) groups is 1. The minimum absolute atomic E-state index is 0.00851. The number of halogens is 1. The number of nitrogens with one attached hydrogen (secondary N) is 1. The van der Waals surface area contributed by atoms with Crippen LogP contribution in [0.15, 0.2) is 71.6 Å². The largest absolute Gasteiger partial charge is 0.490 e. The molecule has 1 aliphatic heterocycles. The molecule has 3 aromatic rings. The number of benzene rings is 3. The van der Waals surface area contributed by atoms with Crippen molar-refractivity contribution in [2.24, 2.45) is 0 Å². The van der Waals surface area contributed by atoms with Gasteiger partial charge in [0, 0.05) is 16.1 Å². The van der Waals surface area contributed by atoms with Crippen molar-refractivity contribution in [2.75, 3.05) is 13.2 Å². The Morgan fingerprint density at radius 2 is 1.80 bits per heavy atom. The summed E-state index contributed by atoms with van der Waals surface area (Å²) >= 11 is 12.5. The lowest BCUT2D eigenvalue weighted by Gasteiger charge is -2.16. The van der Waals surface area contributed by atoms with Crippen LogP contribution in [0.5, 0.6) is 17.2 Å². The Morgan fingerprint density at radius 3 is 2.51 bits per heavy atom.